The summed E-state index contributed by atoms with van der Waals surface area (Å²) in [6.45, 7) is 5.04. The van der Waals surface area contributed by atoms with E-state index in [9.17, 15) is 27.2 Å². The number of amidine groups is 1. The highest BCUT2D eigenvalue weighted by molar-refractivity contribution is 6.04. The zero-order valence-corrected chi connectivity index (χ0v) is 20.3. The van der Waals surface area contributed by atoms with Crippen LogP contribution in [0, 0.1) is 29.9 Å². The maximum atomic E-state index is 14.9. The van der Waals surface area contributed by atoms with Gasteiger partial charge in [0.25, 0.3) is 12.3 Å². The van der Waals surface area contributed by atoms with Crippen LogP contribution in [0.1, 0.15) is 48.0 Å². The van der Waals surface area contributed by atoms with Crippen molar-refractivity contribution in [2.45, 2.75) is 45.3 Å². The zero-order valence-electron chi connectivity index (χ0n) is 20.3. The van der Waals surface area contributed by atoms with E-state index in [0.29, 0.717) is 11.6 Å². The molecule has 1 aromatic carbocycles. The average Bonchev–Trinajstić information content (AvgIpc) is 2.79. The van der Waals surface area contributed by atoms with Crippen LogP contribution in [-0.2, 0) is 15.0 Å². The van der Waals surface area contributed by atoms with Crippen LogP contribution < -0.4 is 10.6 Å². The molecule has 2 amide bonds. The van der Waals surface area contributed by atoms with Crippen molar-refractivity contribution in [3.63, 3.8) is 0 Å². The van der Waals surface area contributed by atoms with Gasteiger partial charge in [-0.05, 0) is 45.4 Å². The molecule has 9 nitrogen and oxygen atoms in total. The Bertz CT molecular complexity index is 1300. The fourth-order valence-electron chi connectivity index (χ4n) is 3.50. The highest BCUT2D eigenvalue weighted by Crippen LogP contribution is 2.39. The number of nitrogens with one attached hydrogen (secondary N) is 2. The number of aromatic nitrogens is 1. The maximum absolute atomic E-state index is 14.9. The van der Waals surface area contributed by atoms with Gasteiger partial charge < -0.3 is 14.8 Å². The van der Waals surface area contributed by atoms with E-state index in [1.807, 2.05) is 6.07 Å². The predicted octanol–water partition coefficient (Wildman–Crippen LogP) is 4.21. The van der Waals surface area contributed by atoms with Gasteiger partial charge in [-0.15, -0.1) is 0 Å². The average molecular weight is 521 g/mol. The molecule has 0 aliphatic carbocycles. The quantitative estimate of drug-likeness (QED) is 0.581. The summed E-state index contributed by atoms with van der Waals surface area (Å²) >= 11 is 0. The minimum atomic E-state index is -3.40. The van der Waals surface area contributed by atoms with Crippen LogP contribution in [0.5, 0.6) is 0 Å². The van der Waals surface area contributed by atoms with Crippen LogP contribution in [0.25, 0.3) is 0 Å². The van der Waals surface area contributed by atoms with Crippen molar-refractivity contribution < 1.29 is 36.6 Å². The van der Waals surface area contributed by atoms with E-state index in [1.165, 1.54) is 13.0 Å². The number of pyridine rings is 1. The molecule has 0 saturated carbocycles. The number of hydrogen-bond donors (Lipinski definition) is 2. The molecule has 1 atom stereocenters. The first-order valence-electron chi connectivity index (χ1n) is 10.9. The number of anilines is 1. The number of carbonyl (C=O) groups excluding carboxylic acids is 2. The summed E-state index contributed by atoms with van der Waals surface area (Å²) in [6.07, 6.45) is -3.25. The number of aliphatic imine (C=N–C) groups is 1. The molecule has 0 fully saturated rings. The lowest BCUT2D eigenvalue weighted by Crippen LogP contribution is -2.48. The molecule has 37 heavy (non-hydrogen) atoms. The zero-order chi connectivity index (χ0) is 27.5. The topological polar surface area (TPSA) is 126 Å². The third-order valence-corrected chi connectivity index (χ3v) is 5.08. The van der Waals surface area contributed by atoms with Crippen LogP contribution in [0.15, 0.2) is 29.4 Å². The fraction of sp³-hybridized carbons (Fsp3) is 0.375. The SMILES string of the molecule is Cc1cc(C#N)cnc1C(=O)Nc1cc(F)c(F)c(C2(C(F)F)COCC(NC(=O)OC(C)(C)C)=N2)c1. The van der Waals surface area contributed by atoms with Crippen molar-refractivity contribution in [1.29, 1.82) is 5.26 Å². The molecular weight excluding hydrogens is 498 g/mol. The summed E-state index contributed by atoms with van der Waals surface area (Å²) in [5.74, 6) is -4.38. The molecule has 196 valence electrons. The highest BCUT2D eigenvalue weighted by Gasteiger charge is 2.47. The van der Waals surface area contributed by atoms with Crippen LogP contribution in [-0.4, -0.2) is 48.1 Å². The van der Waals surface area contributed by atoms with Gasteiger partial charge in [0.2, 0.25) is 0 Å². The van der Waals surface area contributed by atoms with Crippen LogP contribution in [0.4, 0.5) is 28.0 Å². The molecule has 1 aromatic heterocycles. The van der Waals surface area contributed by atoms with Crippen molar-refractivity contribution in [3.05, 3.63) is 58.4 Å². The number of carbonyl (C=O) groups is 2. The van der Waals surface area contributed by atoms with E-state index >= 15 is 0 Å². The number of rotatable bonds is 4. The molecule has 2 heterocycles. The molecule has 0 bridgehead atoms. The Morgan fingerprint density at radius 1 is 1.22 bits per heavy atom. The van der Waals surface area contributed by atoms with E-state index in [1.54, 1.807) is 20.8 Å². The molecule has 1 aliphatic heterocycles. The van der Waals surface area contributed by atoms with Gasteiger partial charge >= 0.3 is 6.09 Å². The van der Waals surface area contributed by atoms with Gasteiger partial charge in [-0.25, -0.2) is 32.3 Å². The van der Waals surface area contributed by atoms with E-state index in [0.717, 1.165) is 12.3 Å². The van der Waals surface area contributed by atoms with Gasteiger partial charge in [0.15, 0.2) is 17.2 Å². The minimum absolute atomic E-state index is 0.114. The Hall–Kier alpha value is -4.05. The second-order valence-corrected chi connectivity index (χ2v) is 9.18. The van der Waals surface area contributed by atoms with Crippen LogP contribution >= 0.6 is 0 Å². The van der Waals surface area contributed by atoms with E-state index in [4.69, 9.17) is 14.7 Å². The Labute approximate surface area is 209 Å². The maximum Gasteiger partial charge on any atom is 0.413 e. The molecular formula is C24H23F4N5O4. The molecule has 2 N–H and O–H groups in total. The van der Waals surface area contributed by atoms with Gasteiger partial charge in [-0.3, -0.25) is 10.1 Å². The Balaban J connectivity index is 1.99. The lowest BCUT2D eigenvalue weighted by atomic mass is 9.89. The summed E-state index contributed by atoms with van der Waals surface area (Å²) in [7, 11) is 0. The standard InChI is InChI=1S/C24H23F4N5O4/c1-12-5-13(8-29)9-30-19(12)20(34)31-14-6-15(18(26)16(25)7-14)24(21(27)28)11-36-10-17(33-24)32-22(35)37-23(2,3)4/h5-7,9,21H,10-11H2,1-4H3,(H,31,34)(H,32,33,35). The fourth-order valence-corrected chi connectivity index (χ4v) is 3.50. The number of ether oxygens (including phenoxy) is 2. The summed E-state index contributed by atoms with van der Waals surface area (Å²) in [5.41, 5.74) is -4.48. The molecule has 2 aromatic rings. The first-order valence-corrected chi connectivity index (χ1v) is 10.9. The Morgan fingerprint density at radius 3 is 2.51 bits per heavy atom. The molecule has 0 spiro atoms. The lowest BCUT2D eigenvalue weighted by Gasteiger charge is -2.34. The van der Waals surface area contributed by atoms with E-state index in [-0.39, 0.29) is 22.8 Å². The van der Waals surface area contributed by atoms with Gasteiger partial charge in [-0.2, -0.15) is 5.26 Å². The third kappa shape index (κ3) is 6.21. The normalized spacial score (nSPS) is 17.6. The van der Waals surface area contributed by atoms with Crippen molar-refractivity contribution >= 4 is 23.5 Å². The number of alkyl halides is 2. The summed E-state index contributed by atoms with van der Waals surface area (Å²) in [5, 5.41) is 13.4. The molecule has 3 rings (SSSR count). The Kier molecular flexibility index (Phi) is 7.83. The highest BCUT2D eigenvalue weighted by atomic mass is 19.3. The summed E-state index contributed by atoms with van der Waals surface area (Å²) < 4.78 is 68.5. The smallest absolute Gasteiger partial charge is 0.413 e. The monoisotopic (exact) mass is 521 g/mol. The first-order chi connectivity index (χ1) is 17.3. The number of nitrogens with zero attached hydrogens (tertiary/aromatic N) is 3. The first kappa shape index (κ1) is 27.5. The largest absolute Gasteiger partial charge is 0.444 e. The number of nitriles is 1. The molecule has 13 heteroatoms. The number of amides is 2. The number of alkyl carbamates (subject to hydrolysis) is 1. The molecule has 0 saturated heterocycles. The lowest BCUT2D eigenvalue weighted by molar-refractivity contribution is -0.0159. The van der Waals surface area contributed by atoms with Crippen molar-refractivity contribution in [1.82, 2.24) is 10.3 Å². The number of benzene rings is 1. The van der Waals surface area contributed by atoms with Crippen LogP contribution in [0.3, 0.4) is 0 Å². The third-order valence-electron chi connectivity index (χ3n) is 5.08. The van der Waals surface area contributed by atoms with Gasteiger partial charge in [0.05, 0.1) is 12.2 Å². The van der Waals surface area contributed by atoms with Gasteiger partial charge in [-0.1, -0.05) is 0 Å². The van der Waals surface area contributed by atoms with Gasteiger partial charge in [0, 0.05) is 23.5 Å². The second-order valence-electron chi connectivity index (χ2n) is 9.18. The van der Waals surface area contributed by atoms with Crippen molar-refractivity contribution in [2.24, 2.45) is 4.99 Å². The predicted molar refractivity (Wildman–Crippen MR) is 123 cm³/mol. The summed E-state index contributed by atoms with van der Waals surface area (Å²) in [4.78, 5) is 32.5. The molecule has 0 radical (unpaired) electrons. The van der Waals surface area contributed by atoms with Crippen molar-refractivity contribution in [3.8, 4) is 6.07 Å². The van der Waals surface area contributed by atoms with Gasteiger partial charge in [0.1, 0.15) is 29.8 Å². The number of hydrogen-bond acceptors (Lipinski definition) is 7. The van der Waals surface area contributed by atoms with E-state index in [2.05, 4.69) is 20.6 Å². The summed E-state index contributed by atoms with van der Waals surface area (Å²) in [6, 6.07) is 4.69. The van der Waals surface area contributed by atoms with Crippen molar-refractivity contribution in [2.75, 3.05) is 18.5 Å². The molecule has 1 aliphatic rings. The molecule has 1 unspecified atom stereocenters. The number of halogens is 4. The number of aryl methyl sites for hydroxylation is 1. The minimum Gasteiger partial charge on any atom is -0.444 e. The van der Waals surface area contributed by atoms with Crippen LogP contribution in [0.2, 0.25) is 0 Å². The second kappa shape index (κ2) is 10.5. The van der Waals surface area contributed by atoms with E-state index < -0.39 is 60.0 Å². The Morgan fingerprint density at radius 2 is 1.92 bits per heavy atom.